The van der Waals surface area contributed by atoms with Gasteiger partial charge < -0.3 is 10.1 Å². The number of carbonyl (C=O) groups is 1. The summed E-state index contributed by atoms with van der Waals surface area (Å²) in [5.41, 5.74) is 2.20. The Morgan fingerprint density at radius 2 is 1.90 bits per heavy atom. The van der Waals surface area contributed by atoms with E-state index in [4.69, 9.17) is 4.74 Å². The van der Waals surface area contributed by atoms with Crippen LogP contribution in [0.1, 0.15) is 17.5 Å². The molecule has 0 saturated carbocycles. The van der Waals surface area contributed by atoms with Crippen LogP contribution in [-0.4, -0.2) is 13.0 Å². The number of para-hydroxylation sites is 1. The number of nitrogens with one attached hydrogen (secondary N) is 1. The van der Waals surface area contributed by atoms with Gasteiger partial charge in [-0.15, -0.1) is 0 Å². The highest BCUT2D eigenvalue weighted by molar-refractivity contribution is 5.75. The van der Waals surface area contributed by atoms with E-state index in [1.165, 1.54) is 5.56 Å². The average molecular weight is 285 g/mol. The van der Waals surface area contributed by atoms with Crippen LogP contribution in [0.5, 0.6) is 5.75 Å². The van der Waals surface area contributed by atoms with Gasteiger partial charge in [0, 0.05) is 24.2 Å². The molecule has 0 saturated heterocycles. The van der Waals surface area contributed by atoms with Crippen LogP contribution in [0.2, 0.25) is 0 Å². The van der Waals surface area contributed by atoms with Crippen LogP contribution in [0, 0.1) is 6.92 Å². The normalized spacial score (nSPS) is 10.2. The van der Waals surface area contributed by atoms with Crippen LogP contribution in [-0.2, 0) is 17.9 Å². The zero-order chi connectivity index (χ0) is 15.1. The standard InChI is InChI=1S/C17H20N2O2/c1-14-7-10-19(11-8-14)12-9-17(20)18-13-15-5-3-4-6-16(15)21-2/h3-8,10-11H,9,12-13H2,1-2H3/p+1. The molecule has 2 rings (SSSR count). The summed E-state index contributed by atoms with van der Waals surface area (Å²) < 4.78 is 7.27. The number of nitrogens with zero attached hydrogens (tertiary/aromatic N) is 1. The van der Waals surface area contributed by atoms with E-state index in [0.29, 0.717) is 19.5 Å². The molecule has 1 heterocycles. The van der Waals surface area contributed by atoms with Crippen molar-refractivity contribution in [1.82, 2.24) is 5.32 Å². The molecule has 1 aromatic carbocycles. The van der Waals surface area contributed by atoms with Crippen molar-refractivity contribution < 1.29 is 14.1 Å². The van der Waals surface area contributed by atoms with Crippen LogP contribution in [0.4, 0.5) is 0 Å². The molecule has 1 aromatic heterocycles. The highest BCUT2D eigenvalue weighted by atomic mass is 16.5. The fourth-order valence-corrected chi connectivity index (χ4v) is 2.04. The largest absolute Gasteiger partial charge is 0.496 e. The summed E-state index contributed by atoms with van der Waals surface area (Å²) >= 11 is 0. The zero-order valence-electron chi connectivity index (χ0n) is 12.5. The Bertz CT molecular complexity index is 594. The number of rotatable bonds is 6. The van der Waals surface area contributed by atoms with Crippen molar-refractivity contribution in [2.45, 2.75) is 26.4 Å². The minimum absolute atomic E-state index is 0.0361. The van der Waals surface area contributed by atoms with Crippen LogP contribution in [0.3, 0.4) is 0 Å². The Hall–Kier alpha value is -2.36. The Morgan fingerprint density at radius 1 is 1.19 bits per heavy atom. The van der Waals surface area contributed by atoms with Crippen molar-refractivity contribution in [2.75, 3.05) is 7.11 Å². The summed E-state index contributed by atoms with van der Waals surface area (Å²) in [6.45, 7) is 3.21. The van der Waals surface area contributed by atoms with Crippen LogP contribution in [0.25, 0.3) is 0 Å². The summed E-state index contributed by atoms with van der Waals surface area (Å²) in [7, 11) is 1.63. The van der Waals surface area contributed by atoms with Crippen molar-refractivity contribution in [2.24, 2.45) is 0 Å². The Labute approximate surface area is 125 Å². The number of amides is 1. The van der Waals surface area contributed by atoms with Crippen LogP contribution < -0.4 is 14.6 Å². The number of benzene rings is 1. The predicted molar refractivity (Wildman–Crippen MR) is 80.8 cm³/mol. The smallest absolute Gasteiger partial charge is 0.226 e. The van der Waals surface area contributed by atoms with E-state index in [2.05, 4.69) is 5.32 Å². The molecule has 1 amide bonds. The first-order valence-corrected chi connectivity index (χ1v) is 7.03. The van der Waals surface area contributed by atoms with Gasteiger partial charge in [0.25, 0.3) is 0 Å². The number of aryl methyl sites for hydroxylation is 2. The second-order valence-electron chi connectivity index (χ2n) is 4.95. The average Bonchev–Trinajstić information content (AvgIpc) is 2.52. The third-order valence-electron chi connectivity index (χ3n) is 3.32. The molecule has 0 aliphatic heterocycles. The van der Waals surface area contributed by atoms with Crippen LogP contribution in [0.15, 0.2) is 48.8 Å². The maximum absolute atomic E-state index is 11.9. The van der Waals surface area contributed by atoms with E-state index in [1.54, 1.807) is 7.11 Å². The molecule has 0 aliphatic rings. The molecular weight excluding hydrogens is 264 g/mol. The summed E-state index contributed by atoms with van der Waals surface area (Å²) in [6, 6.07) is 11.8. The molecule has 1 N–H and O–H groups in total. The van der Waals surface area contributed by atoms with E-state index in [0.717, 1.165) is 11.3 Å². The Kier molecular flexibility index (Phi) is 5.32. The van der Waals surface area contributed by atoms with E-state index in [-0.39, 0.29) is 5.91 Å². The van der Waals surface area contributed by atoms with Crippen molar-refractivity contribution in [3.63, 3.8) is 0 Å². The molecule has 0 unspecified atom stereocenters. The summed E-state index contributed by atoms with van der Waals surface area (Å²) in [4.78, 5) is 11.9. The fraction of sp³-hybridized carbons (Fsp3) is 0.294. The molecule has 0 aliphatic carbocycles. The van der Waals surface area contributed by atoms with Gasteiger partial charge in [0.15, 0.2) is 18.9 Å². The molecule has 2 aromatic rings. The monoisotopic (exact) mass is 285 g/mol. The van der Waals surface area contributed by atoms with Gasteiger partial charge in [0.2, 0.25) is 5.91 Å². The van der Waals surface area contributed by atoms with E-state index < -0.39 is 0 Å². The predicted octanol–water partition coefficient (Wildman–Crippen LogP) is 2.00. The first kappa shape index (κ1) is 15.0. The number of carbonyl (C=O) groups excluding carboxylic acids is 1. The molecule has 21 heavy (non-hydrogen) atoms. The van der Waals surface area contributed by atoms with E-state index in [1.807, 2.05) is 60.3 Å². The molecule has 0 bridgehead atoms. The molecule has 0 radical (unpaired) electrons. The van der Waals surface area contributed by atoms with Crippen LogP contribution >= 0.6 is 0 Å². The summed E-state index contributed by atoms with van der Waals surface area (Å²) in [5, 5.41) is 2.92. The third-order valence-corrected chi connectivity index (χ3v) is 3.32. The minimum atomic E-state index is 0.0361. The lowest BCUT2D eigenvalue weighted by Gasteiger charge is -2.09. The molecule has 0 spiro atoms. The first-order valence-electron chi connectivity index (χ1n) is 7.03. The van der Waals surface area contributed by atoms with Gasteiger partial charge in [0.1, 0.15) is 5.75 Å². The Morgan fingerprint density at radius 3 is 2.62 bits per heavy atom. The SMILES string of the molecule is COc1ccccc1CNC(=O)CC[n+]1ccc(C)cc1. The number of pyridine rings is 1. The third kappa shape index (κ3) is 4.60. The van der Waals surface area contributed by atoms with Gasteiger partial charge in [0.05, 0.1) is 13.5 Å². The quantitative estimate of drug-likeness (QED) is 0.825. The maximum atomic E-state index is 11.9. The van der Waals surface area contributed by atoms with Gasteiger partial charge in [-0.25, -0.2) is 4.57 Å². The highest BCUT2D eigenvalue weighted by Gasteiger charge is 2.08. The van der Waals surface area contributed by atoms with Gasteiger partial charge in [-0.3, -0.25) is 4.79 Å². The summed E-state index contributed by atoms with van der Waals surface area (Å²) in [5.74, 6) is 0.833. The lowest BCUT2D eigenvalue weighted by atomic mass is 10.2. The topological polar surface area (TPSA) is 42.2 Å². The summed E-state index contributed by atoms with van der Waals surface area (Å²) in [6.07, 6.45) is 4.44. The second-order valence-corrected chi connectivity index (χ2v) is 4.95. The lowest BCUT2D eigenvalue weighted by Crippen LogP contribution is -2.36. The van der Waals surface area contributed by atoms with Crippen molar-refractivity contribution in [3.05, 3.63) is 59.9 Å². The van der Waals surface area contributed by atoms with E-state index in [9.17, 15) is 4.79 Å². The maximum Gasteiger partial charge on any atom is 0.226 e. The van der Waals surface area contributed by atoms with Gasteiger partial charge in [-0.2, -0.15) is 0 Å². The molecule has 4 nitrogen and oxygen atoms in total. The number of aromatic nitrogens is 1. The second kappa shape index (κ2) is 7.43. The zero-order valence-corrected chi connectivity index (χ0v) is 12.5. The van der Waals surface area contributed by atoms with Gasteiger partial charge in [-0.05, 0) is 18.6 Å². The minimum Gasteiger partial charge on any atom is -0.496 e. The molecular formula is C17H21N2O2+. The number of ether oxygens (including phenoxy) is 1. The number of hydrogen-bond donors (Lipinski definition) is 1. The van der Waals surface area contributed by atoms with Gasteiger partial charge in [-0.1, -0.05) is 18.2 Å². The van der Waals surface area contributed by atoms with E-state index >= 15 is 0 Å². The number of methoxy groups -OCH3 is 1. The molecule has 0 fully saturated rings. The van der Waals surface area contributed by atoms with Crippen molar-refractivity contribution in [3.8, 4) is 5.75 Å². The molecule has 4 heteroatoms. The van der Waals surface area contributed by atoms with Gasteiger partial charge >= 0.3 is 0 Å². The van der Waals surface area contributed by atoms with Crippen molar-refractivity contribution >= 4 is 5.91 Å². The molecule has 110 valence electrons. The first-order chi connectivity index (χ1) is 10.2. The number of hydrogen-bond acceptors (Lipinski definition) is 2. The van der Waals surface area contributed by atoms with Crippen molar-refractivity contribution in [1.29, 1.82) is 0 Å². The molecule has 0 atom stereocenters. The Balaban J connectivity index is 1.81. The highest BCUT2D eigenvalue weighted by Crippen LogP contribution is 2.16. The lowest BCUT2D eigenvalue weighted by molar-refractivity contribution is -0.695. The fourth-order valence-electron chi connectivity index (χ4n) is 2.04.